The van der Waals surface area contributed by atoms with E-state index in [0.29, 0.717) is 48.2 Å². The predicted molar refractivity (Wildman–Crippen MR) is 88.4 cm³/mol. The van der Waals surface area contributed by atoms with Crippen LogP contribution in [0.3, 0.4) is 0 Å². The maximum absolute atomic E-state index is 13.0. The Morgan fingerprint density at radius 3 is 2.96 bits per heavy atom. The van der Waals surface area contributed by atoms with E-state index in [9.17, 15) is 14.7 Å². The number of hydrogen-bond acceptors (Lipinski definition) is 5. The van der Waals surface area contributed by atoms with Gasteiger partial charge in [-0.25, -0.2) is 4.98 Å². The molecule has 23 heavy (non-hydrogen) atoms. The SMILES string of the molecule is CCCn1c(CCOC)nc2sc3c(c2c1=O)C(C(=O)O)CC3. The third-order valence-electron chi connectivity index (χ3n) is 4.29. The zero-order valence-electron chi connectivity index (χ0n) is 13.3. The number of fused-ring (bicyclic) bond motifs is 3. The van der Waals surface area contributed by atoms with Gasteiger partial charge in [-0.3, -0.25) is 14.2 Å². The Hall–Kier alpha value is -1.73. The molecule has 2 heterocycles. The van der Waals surface area contributed by atoms with E-state index in [1.165, 1.54) is 11.3 Å². The summed E-state index contributed by atoms with van der Waals surface area (Å²) in [7, 11) is 1.62. The van der Waals surface area contributed by atoms with Gasteiger partial charge >= 0.3 is 5.97 Å². The van der Waals surface area contributed by atoms with Gasteiger partial charge in [-0.1, -0.05) is 6.92 Å². The average molecular weight is 336 g/mol. The first-order valence-electron chi connectivity index (χ1n) is 7.85. The Bertz CT molecular complexity index is 808. The number of methoxy groups -OCH3 is 1. The molecule has 1 N–H and O–H groups in total. The number of hydrogen-bond donors (Lipinski definition) is 1. The van der Waals surface area contributed by atoms with Gasteiger partial charge in [0.05, 0.1) is 17.9 Å². The molecule has 3 rings (SSSR count). The number of aliphatic carboxylic acids is 1. The summed E-state index contributed by atoms with van der Waals surface area (Å²) in [6.07, 6.45) is 2.69. The zero-order valence-corrected chi connectivity index (χ0v) is 14.1. The molecule has 0 aliphatic heterocycles. The first-order chi connectivity index (χ1) is 11.1. The lowest BCUT2D eigenvalue weighted by Crippen LogP contribution is -2.26. The van der Waals surface area contributed by atoms with Crippen molar-refractivity contribution in [2.75, 3.05) is 13.7 Å². The summed E-state index contributed by atoms with van der Waals surface area (Å²) in [6, 6.07) is 0. The Morgan fingerprint density at radius 2 is 2.30 bits per heavy atom. The molecule has 2 aromatic rings. The highest BCUT2D eigenvalue weighted by Gasteiger charge is 2.34. The van der Waals surface area contributed by atoms with Crippen molar-refractivity contribution in [2.45, 2.75) is 45.1 Å². The van der Waals surface area contributed by atoms with Crippen LogP contribution in [-0.2, 0) is 28.9 Å². The minimum atomic E-state index is -0.853. The first-order valence-corrected chi connectivity index (χ1v) is 8.66. The highest BCUT2D eigenvalue weighted by atomic mass is 32.1. The summed E-state index contributed by atoms with van der Waals surface area (Å²) < 4.78 is 6.80. The molecule has 1 unspecified atom stereocenters. The molecule has 0 amide bonds. The van der Waals surface area contributed by atoms with E-state index in [-0.39, 0.29) is 5.56 Å². The first kappa shape index (κ1) is 16.1. The fourth-order valence-electron chi connectivity index (χ4n) is 3.25. The second kappa shape index (κ2) is 6.41. The smallest absolute Gasteiger partial charge is 0.311 e. The van der Waals surface area contributed by atoms with Crippen LogP contribution in [0.5, 0.6) is 0 Å². The molecule has 0 spiro atoms. The van der Waals surface area contributed by atoms with Gasteiger partial charge in [-0.15, -0.1) is 11.3 Å². The van der Waals surface area contributed by atoms with Crippen molar-refractivity contribution >= 4 is 27.5 Å². The number of aryl methyl sites for hydroxylation is 1. The molecule has 7 heteroatoms. The van der Waals surface area contributed by atoms with E-state index >= 15 is 0 Å². The monoisotopic (exact) mass is 336 g/mol. The number of ether oxygens (including phenoxy) is 1. The van der Waals surface area contributed by atoms with E-state index in [2.05, 4.69) is 4.98 Å². The van der Waals surface area contributed by atoms with Crippen LogP contribution in [0.15, 0.2) is 4.79 Å². The molecule has 2 aromatic heterocycles. The van der Waals surface area contributed by atoms with Crippen LogP contribution in [-0.4, -0.2) is 34.3 Å². The number of nitrogens with zero attached hydrogens (tertiary/aromatic N) is 2. The second-order valence-corrected chi connectivity index (χ2v) is 6.86. The minimum Gasteiger partial charge on any atom is -0.481 e. The number of rotatable bonds is 6. The van der Waals surface area contributed by atoms with Crippen LogP contribution in [0.25, 0.3) is 10.2 Å². The van der Waals surface area contributed by atoms with Crippen LogP contribution < -0.4 is 5.56 Å². The van der Waals surface area contributed by atoms with Crippen LogP contribution in [0, 0.1) is 0 Å². The van der Waals surface area contributed by atoms with Crippen molar-refractivity contribution in [2.24, 2.45) is 0 Å². The van der Waals surface area contributed by atoms with E-state index in [1.54, 1.807) is 11.7 Å². The lowest BCUT2D eigenvalue weighted by molar-refractivity contribution is -0.138. The maximum Gasteiger partial charge on any atom is 0.311 e. The summed E-state index contributed by atoms with van der Waals surface area (Å²) in [4.78, 5) is 30.8. The molecule has 0 fully saturated rings. The third-order valence-corrected chi connectivity index (χ3v) is 5.45. The lowest BCUT2D eigenvalue weighted by Gasteiger charge is -2.12. The van der Waals surface area contributed by atoms with Gasteiger partial charge in [0.25, 0.3) is 5.56 Å². The Morgan fingerprint density at radius 1 is 1.52 bits per heavy atom. The van der Waals surface area contributed by atoms with Crippen molar-refractivity contribution in [1.82, 2.24) is 9.55 Å². The average Bonchev–Trinajstić information content (AvgIpc) is 3.06. The molecule has 1 aliphatic carbocycles. The van der Waals surface area contributed by atoms with Crippen molar-refractivity contribution in [3.8, 4) is 0 Å². The topological polar surface area (TPSA) is 81.4 Å². The van der Waals surface area contributed by atoms with Gasteiger partial charge in [0.2, 0.25) is 0 Å². The fraction of sp³-hybridized carbons (Fsp3) is 0.562. The van der Waals surface area contributed by atoms with Gasteiger partial charge in [-0.05, 0) is 24.8 Å². The molecule has 0 saturated carbocycles. The molecule has 0 aromatic carbocycles. The van der Waals surface area contributed by atoms with Gasteiger partial charge in [0.1, 0.15) is 10.7 Å². The number of carbonyl (C=O) groups is 1. The van der Waals surface area contributed by atoms with Crippen LogP contribution in [0.2, 0.25) is 0 Å². The van der Waals surface area contributed by atoms with Gasteiger partial charge < -0.3 is 9.84 Å². The highest BCUT2D eigenvalue weighted by molar-refractivity contribution is 7.18. The molecule has 1 aliphatic rings. The summed E-state index contributed by atoms with van der Waals surface area (Å²) >= 11 is 1.47. The number of carboxylic acid groups (broad SMARTS) is 1. The summed E-state index contributed by atoms with van der Waals surface area (Å²) in [5.74, 6) is -0.709. The highest BCUT2D eigenvalue weighted by Crippen LogP contribution is 2.42. The zero-order chi connectivity index (χ0) is 16.6. The summed E-state index contributed by atoms with van der Waals surface area (Å²) in [5, 5.41) is 9.95. The third kappa shape index (κ3) is 2.68. The number of aromatic nitrogens is 2. The minimum absolute atomic E-state index is 0.103. The van der Waals surface area contributed by atoms with Gasteiger partial charge in [0.15, 0.2) is 0 Å². The molecule has 1 atom stereocenters. The maximum atomic E-state index is 13.0. The van der Waals surface area contributed by atoms with E-state index in [4.69, 9.17) is 4.74 Å². The van der Waals surface area contributed by atoms with E-state index < -0.39 is 11.9 Å². The van der Waals surface area contributed by atoms with Gasteiger partial charge in [-0.2, -0.15) is 0 Å². The van der Waals surface area contributed by atoms with E-state index in [1.807, 2.05) is 6.92 Å². The van der Waals surface area contributed by atoms with Crippen LogP contribution in [0.4, 0.5) is 0 Å². The van der Waals surface area contributed by atoms with Crippen molar-refractivity contribution in [3.05, 3.63) is 26.6 Å². The Labute approximate surface area is 137 Å². The molecule has 124 valence electrons. The van der Waals surface area contributed by atoms with Crippen LogP contribution >= 0.6 is 11.3 Å². The normalized spacial score (nSPS) is 16.9. The van der Waals surface area contributed by atoms with Crippen molar-refractivity contribution in [3.63, 3.8) is 0 Å². The fourth-order valence-corrected chi connectivity index (χ4v) is 4.51. The summed E-state index contributed by atoms with van der Waals surface area (Å²) in [5.41, 5.74) is 0.603. The van der Waals surface area contributed by atoms with Crippen LogP contribution in [0.1, 0.15) is 41.9 Å². The largest absolute Gasteiger partial charge is 0.481 e. The number of carboxylic acids is 1. The standard InChI is InChI=1S/C16H20N2O4S/c1-3-7-18-11(6-8-22-2)17-14-13(15(18)19)12-9(16(20)21)4-5-10(12)23-14/h9H,3-8H2,1-2H3,(H,20,21). The quantitative estimate of drug-likeness (QED) is 0.874. The predicted octanol–water partition coefficient (Wildman–Crippen LogP) is 2.17. The lowest BCUT2D eigenvalue weighted by atomic mass is 10.0. The molecule has 0 radical (unpaired) electrons. The summed E-state index contributed by atoms with van der Waals surface area (Å²) in [6.45, 7) is 3.10. The molecule has 0 saturated heterocycles. The second-order valence-electron chi connectivity index (χ2n) is 5.78. The molecule has 6 nitrogen and oxygen atoms in total. The molecular weight excluding hydrogens is 316 g/mol. The molecular formula is C16H20N2O4S. The van der Waals surface area contributed by atoms with E-state index in [0.717, 1.165) is 17.1 Å². The van der Waals surface area contributed by atoms with Gasteiger partial charge in [0, 0.05) is 25.0 Å². The number of thiophene rings is 1. The van der Waals surface area contributed by atoms with Crippen molar-refractivity contribution < 1.29 is 14.6 Å². The Kier molecular flexibility index (Phi) is 4.50. The van der Waals surface area contributed by atoms with Crippen molar-refractivity contribution in [1.29, 1.82) is 0 Å². The molecule has 0 bridgehead atoms. The Balaban J connectivity index is 2.22.